The van der Waals surface area contributed by atoms with Gasteiger partial charge in [0.2, 0.25) is 5.91 Å². The van der Waals surface area contributed by atoms with Crippen LogP contribution in [0.25, 0.3) is 0 Å². The second kappa shape index (κ2) is 6.62. The summed E-state index contributed by atoms with van der Waals surface area (Å²) in [6, 6.07) is 7.79. The van der Waals surface area contributed by atoms with Crippen LogP contribution in [-0.4, -0.2) is 5.91 Å². The van der Waals surface area contributed by atoms with E-state index in [0.717, 1.165) is 43.4 Å². The van der Waals surface area contributed by atoms with E-state index in [1.807, 2.05) is 24.3 Å². The molecule has 0 radical (unpaired) electrons. The number of anilines is 1. The van der Waals surface area contributed by atoms with Gasteiger partial charge in [0.1, 0.15) is 0 Å². The molecule has 0 bridgehead atoms. The minimum absolute atomic E-state index is 0.173. The quantitative estimate of drug-likeness (QED) is 0.763. The highest BCUT2D eigenvalue weighted by molar-refractivity contribution is 6.17. The Morgan fingerprint density at radius 1 is 1.30 bits per heavy atom. The van der Waals surface area contributed by atoms with E-state index in [-0.39, 0.29) is 11.3 Å². The van der Waals surface area contributed by atoms with Gasteiger partial charge in [-0.25, -0.2) is 0 Å². The van der Waals surface area contributed by atoms with Gasteiger partial charge in [0.15, 0.2) is 0 Å². The molecule has 1 aliphatic carbocycles. The van der Waals surface area contributed by atoms with Gasteiger partial charge in [0, 0.05) is 17.0 Å². The summed E-state index contributed by atoms with van der Waals surface area (Å²) in [4.78, 5) is 12.8. The van der Waals surface area contributed by atoms with E-state index >= 15 is 0 Å². The standard InChI is InChI=1S/C17H24ClNO/c1-13(2)11-17(9-5-6-10-17)16(20)19-15-8-4-3-7-14(15)12-18/h3-4,7-8,13H,5-6,9-12H2,1-2H3,(H,19,20). The predicted octanol–water partition coefficient (Wildman–Crippen LogP) is 4.97. The van der Waals surface area contributed by atoms with Crippen molar-refractivity contribution in [3.63, 3.8) is 0 Å². The Morgan fingerprint density at radius 3 is 2.55 bits per heavy atom. The lowest BCUT2D eigenvalue weighted by Gasteiger charge is -2.29. The van der Waals surface area contributed by atoms with E-state index in [2.05, 4.69) is 19.2 Å². The number of alkyl halides is 1. The molecule has 1 aliphatic rings. The van der Waals surface area contributed by atoms with Crippen molar-refractivity contribution < 1.29 is 4.79 Å². The van der Waals surface area contributed by atoms with Crippen LogP contribution in [0.4, 0.5) is 5.69 Å². The molecular formula is C17H24ClNO. The van der Waals surface area contributed by atoms with E-state index in [4.69, 9.17) is 11.6 Å². The largest absolute Gasteiger partial charge is 0.325 e. The Hall–Kier alpha value is -1.02. The van der Waals surface area contributed by atoms with Crippen LogP contribution < -0.4 is 5.32 Å². The average molecular weight is 294 g/mol. The third-order valence-electron chi connectivity index (χ3n) is 4.25. The molecular weight excluding hydrogens is 270 g/mol. The number of benzene rings is 1. The van der Waals surface area contributed by atoms with Crippen LogP contribution in [0.2, 0.25) is 0 Å². The topological polar surface area (TPSA) is 29.1 Å². The van der Waals surface area contributed by atoms with Gasteiger partial charge >= 0.3 is 0 Å². The molecule has 2 nitrogen and oxygen atoms in total. The molecule has 3 heteroatoms. The van der Waals surface area contributed by atoms with Crippen LogP contribution in [-0.2, 0) is 10.7 Å². The lowest BCUT2D eigenvalue weighted by atomic mass is 9.77. The van der Waals surface area contributed by atoms with E-state index < -0.39 is 0 Å². The Labute approximate surface area is 126 Å². The Kier molecular flexibility index (Phi) is 5.09. The SMILES string of the molecule is CC(C)CC1(C(=O)Nc2ccccc2CCl)CCCC1. The van der Waals surface area contributed by atoms with Crippen molar-refractivity contribution in [2.75, 3.05) is 5.32 Å². The third-order valence-corrected chi connectivity index (χ3v) is 4.54. The first-order valence-electron chi connectivity index (χ1n) is 7.53. The first-order chi connectivity index (χ1) is 9.57. The fourth-order valence-corrected chi connectivity index (χ4v) is 3.60. The van der Waals surface area contributed by atoms with Gasteiger partial charge in [-0.3, -0.25) is 4.79 Å². The monoisotopic (exact) mass is 293 g/mol. The van der Waals surface area contributed by atoms with Crippen LogP contribution in [0.5, 0.6) is 0 Å². The Balaban J connectivity index is 2.16. The zero-order valence-corrected chi connectivity index (χ0v) is 13.2. The normalized spacial score (nSPS) is 17.4. The van der Waals surface area contributed by atoms with Gasteiger partial charge in [-0.15, -0.1) is 11.6 Å². The molecule has 0 heterocycles. The van der Waals surface area contributed by atoms with Gasteiger partial charge in [-0.05, 0) is 36.8 Å². The fraction of sp³-hybridized carbons (Fsp3) is 0.588. The Morgan fingerprint density at radius 2 is 1.95 bits per heavy atom. The maximum Gasteiger partial charge on any atom is 0.230 e. The lowest BCUT2D eigenvalue weighted by Crippen LogP contribution is -2.35. The van der Waals surface area contributed by atoms with Crippen molar-refractivity contribution in [1.29, 1.82) is 0 Å². The number of nitrogens with one attached hydrogen (secondary N) is 1. The van der Waals surface area contributed by atoms with Gasteiger partial charge in [-0.2, -0.15) is 0 Å². The van der Waals surface area contributed by atoms with Gasteiger partial charge < -0.3 is 5.32 Å². The summed E-state index contributed by atoms with van der Waals surface area (Å²) in [6.45, 7) is 4.39. The third kappa shape index (κ3) is 3.35. The number of rotatable bonds is 5. The summed E-state index contributed by atoms with van der Waals surface area (Å²) < 4.78 is 0. The summed E-state index contributed by atoms with van der Waals surface area (Å²) in [6.07, 6.45) is 5.33. The zero-order valence-electron chi connectivity index (χ0n) is 12.4. The summed E-state index contributed by atoms with van der Waals surface area (Å²) in [5.74, 6) is 1.15. The molecule has 1 fully saturated rings. The number of hydrogen-bond acceptors (Lipinski definition) is 1. The number of para-hydroxylation sites is 1. The summed E-state index contributed by atoms with van der Waals surface area (Å²) in [5.41, 5.74) is 1.68. The molecule has 1 aromatic carbocycles. The van der Waals surface area contributed by atoms with Crippen LogP contribution in [0.15, 0.2) is 24.3 Å². The van der Waals surface area contributed by atoms with Crippen molar-refractivity contribution in [2.45, 2.75) is 51.8 Å². The summed E-state index contributed by atoms with van der Waals surface area (Å²) in [7, 11) is 0. The molecule has 0 aromatic heterocycles. The lowest BCUT2D eigenvalue weighted by molar-refractivity contribution is -0.126. The molecule has 1 aromatic rings. The molecule has 0 aliphatic heterocycles. The maximum absolute atomic E-state index is 12.8. The number of amides is 1. The van der Waals surface area contributed by atoms with E-state index in [0.29, 0.717) is 11.8 Å². The maximum atomic E-state index is 12.8. The van der Waals surface area contributed by atoms with Crippen LogP contribution in [0.1, 0.15) is 51.5 Å². The predicted molar refractivity (Wildman–Crippen MR) is 85.0 cm³/mol. The first-order valence-corrected chi connectivity index (χ1v) is 8.06. The summed E-state index contributed by atoms with van der Waals surface area (Å²) >= 11 is 5.94. The fourth-order valence-electron chi connectivity index (χ4n) is 3.37. The summed E-state index contributed by atoms with van der Waals surface area (Å²) in [5, 5.41) is 3.13. The second-order valence-electron chi connectivity index (χ2n) is 6.33. The minimum atomic E-state index is -0.173. The van der Waals surface area contributed by atoms with Gasteiger partial charge in [0.05, 0.1) is 0 Å². The van der Waals surface area contributed by atoms with Crippen LogP contribution in [0.3, 0.4) is 0 Å². The van der Waals surface area contributed by atoms with E-state index in [9.17, 15) is 4.79 Å². The molecule has 0 atom stereocenters. The average Bonchev–Trinajstić information content (AvgIpc) is 2.88. The smallest absolute Gasteiger partial charge is 0.230 e. The van der Waals surface area contributed by atoms with Crippen LogP contribution >= 0.6 is 11.6 Å². The molecule has 0 saturated heterocycles. The molecule has 1 N–H and O–H groups in total. The highest BCUT2D eigenvalue weighted by Crippen LogP contribution is 2.44. The molecule has 2 rings (SSSR count). The van der Waals surface area contributed by atoms with E-state index in [1.165, 1.54) is 0 Å². The zero-order chi connectivity index (χ0) is 14.6. The van der Waals surface area contributed by atoms with Crippen molar-refractivity contribution in [1.82, 2.24) is 0 Å². The highest BCUT2D eigenvalue weighted by Gasteiger charge is 2.41. The van der Waals surface area contributed by atoms with Crippen LogP contribution in [0, 0.1) is 11.3 Å². The van der Waals surface area contributed by atoms with Gasteiger partial charge in [0.25, 0.3) is 0 Å². The molecule has 20 heavy (non-hydrogen) atoms. The number of halogens is 1. The second-order valence-corrected chi connectivity index (χ2v) is 6.60. The minimum Gasteiger partial charge on any atom is -0.325 e. The number of hydrogen-bond donors (Lipinski definition) is 1. The van der Waals surface area contributed by atoms with Crippen molar-refractivity contribution in [2.24, 2.45) is 11.3 Å². The van der Waals surface area contributed by atoms with Crippen molar-refractivity contribution in [3.8, 4) is 0 Å². The van der Waals surface area contributed by atoms with Crippen molar-refractivity contribution in [3.05, 3.63) is 29.8 Å². The van der Waals surface area contributed by atoms with E-state index in [1.54, 1.807) is 0 Å². The molecule has 1 saturated carbocycles. The highest BCUT2D eigenvalue weighted by atomic mass is 35.5. The van der Waals surface area contributed by atoms with Gasteiger partial charge in [-0.1, -0.05) is 44.9 Å². The number of carbonyl (C=O) groups is 1. The molecule has 110 valence electrons. The Bertz CT molecular complexity index is 464. The molecule has 1 amide bonds. The first kappa shape index (κ1) is 15.4. The number of carbonyl (C=O) groups excluding carboxylic acids is 1. The van der Waals surface area contributed by atoms with Crippen molar-refractivity contribution >= 4 is 23.2 Å². The molecule has 0 unspecified atom stereocenters. The molecule has 0 spiro atoms.